The highest BCUT2D eigenvalue weighted by atomic mass is 35.5. The van der Waals surface area contributed by atoms with Crippen molar-refractivity contribution in [1.29, 1.82) is 0 Å². The van der Waals surface area contributed by atoms with Gasteiger partial charge in [-0.25, -0.2) is 4.98 Å². The molecule has 0 saturated heterocycles. The molecule has 2 aromatic rings. The highest BCUT2D eigenvalue weighted by molar-refractivity contribution is 7.13. The maximum absolute atomic E-state index is 12.4. The smallest absolute Gasteiger partial charge is 0.244 e. The van der Waals surface area contributed by atoms with Crippen LogP contribution >= 0.6 is 23.7 Å². The van der Waals surface area contributed by atoms with Crippen LogP contribution in [0.4, 0.5) is 5.69 Å². The Labute approximate surface area is 146 Å². The molecule has 1 aromatic heterocycles. The molecule has 1 amide bonds. The van der Waals surface area contributed by atoms with E-state index in [1.807, 2.05) is 36.6 Å². The number of nitrogens with two attached hydrogens (primary N) is 1. The maximum Gasteiger partial charge on any atom is 0.244 e. The molecule has 4 nitrogen and oxygen atoms in total. The van der Waals surface area contributed by atoms with E-state index in [0.717, 1.165) is 47.6 Å². The fourth-order valence-electron chi connectivity index (χ4n) is 2.85. The van der Waals surface area contributed by atoms with Gasteiger partial charge in [0.25, 0.3) is 0 Å². The van der Waals surface area contributed by atoms with Crippen LogP contribution in [-0.4, -0.2) is 16.4 Å². The Morgan fingerprint density at radius 2 is 1.87 bits per heavy atom. The van der Waals surface area contributed by atoms with Gasteiger partial charge in [-0.2, -0.15) is 0 Å². The van der Waals surface area contributed by atoms with Gasteiger partial charge in [-0.3, -0.25) is 4.79 Å². The first-order valence-corrected chi connectivity index (χ1v) is 8.58. The fraction of sp³-hybridized carbons (Fsp3) is 0.412. The molecule has 124 valence electrons. The van der Waals surface area contributed by atoms with E-state index in [4.69, 9.17) is 5.73 Å². The van der Waals surface area contributed by atoms with E-state index in [1.165, 1.54) is 6.42 Å². The van der Waals surface area contributed by atoms with Crippen molar-refractivity contribution < 1.29 is 4.79 Å². The van der Waals surface area contributed by atoms with Crippen molar-refractivity contribution in [3.05, 3.63) is 35.3 Å². The van der Waals surface area contributed by atoms with Crippen LogP contribution in [0.25, 0.3) is 10.6 Å². The summed E-state index contributed by atoms with van der Waals surface area (Å²) in [5.74, 6) is -0.0648. The Kier molecular flexibility index (Phi) is 5.79. The lowest BCUT2D eigenvalue weighted by Crippen LogP contribution is -2.52. The summed E-state index contributed by atoms with van der Waals surface area (Å²) < 4.78 is 0. The first-order valence-electron chi connectivity index (χ1n) is 7.70. The van der Waals surface area contributed by atoms with Crippen LogP contribution in [0, 0.1) is 6.92 Å². The largest absolute Gasteiger partial charge is 0.324 e. The first-order chi connectivity index (χ1) is 10.6. The average molecular weight is 352 g/mol. The van der Waals surface area contributed by atoms with Crippen molar-refractivity contribution in [1.82, 2.24) is 4.98 Å². The molecule has 6 heteroatoms. The van der Waals surface area contributed by atoms with Gasteiger partial charge in [-0.05, 0) is 44.0 Å². The standard InChI is InChI=1S/C17H21N3OS.ClH/c1-12-11-22-15(19-12)13-5-7-14(8-6-13)20-16(21)17(18)9-3-2-4-10-17;/h5-8,11H,2-4,9-10,18H2,1H3,(H,20,21);1H. The number of aryl methyl sites for hydroxylation is 1. The van der Waals surface area contributed by atoms with Gasteiger partial charge in [0.2, 0.25) is 5.91 Å². The molecule has 23 heavy (non-hydrogen) atoms. The Balaban J connectivity index is 0.00000192. The normalized spacial score (nSPS) is 16.4. The second-order valence-corrected chi connectivity index (χ2v) is 6.90. The lowest BCUT2D eigenvalue weighted by Gasteiger charge is -2.31. The average Bonchev–Trinajstić information content (AvgIpc) is 2.95. The van der Waals surface area contributed by atoms with Gasteiger partial charge in [0.1, 0.15) is 5.01 Å². The first kappa shape index (κ1) is 17.9. The number of halogens is 1. The molecule has 0 unspecified atom stereocenters. The number of nitrogens with zero attached hydrogens (tertiary/aromatic N) is 1. The maximum atomic E-state index is 12.4. The third-order valence-electron chi connectivity index (χ3n) is 4.21. The molecule has 0 spiro atoms. The minimum absolute atomic E-state index is 0. The summed E-state index contributed by atoms with van der Waals surface area (Å²) in [5.41, 5.74) is 8.43. The highest BCUT2D eigenvalue weighted by Crippen LogP contribution is 2.28. The van der Waals surface area contributed by atoms with Gasteiger partial charge >= 0.3 is 0 Å². The molecular weight excluding hydrogens is 330 g/mol. The van der Waals surface area contributed by atoms with Crippen LogP contribution < -0.4 is 11.1 Å². The number of carbonyl (C=O) groups is 1. The molecule has 0 aliphatic heterocycles. The van der Waals surface area contributed by atoms with E-state index in [0.29, 0.717) is 0 Å². The number of carbonyl (C=O) groups excluding carboxylic acids is 1. The van der Waals surface area contributed by atoms with Crippen LogP contribution in [0.2, 0.25) is 0 Å². The third-order valence-corrected chi connectivity index (χ3v) is 5.22. The van der Waals surface area contributed by atoms with Crippen LogP contribution in [0.5, 0.6) is 0 Å². The van der Waals surface area contributed by atoms with Gasteiger partial charge in [0.05, 0.1) is 5.54 Å². The monoisotopic (exact) mass is 351 g/mol. The van der Waals surface area contributed by atoms with Crippen molar-refractivity contribution in [3.63, 3.8) is 0 Å². The Hall–Kier alpha value is -1.43. The zero-order valence-electron chi connectivity index (χ0n) is 13.2. The molecule has 1 saturated carbocycles. The predicted octanol–water partition coefficient (Wildman–Crippen LogP) is 4.14. The van der Waals surface area contributed by atoms with Crippen molar-refractivity contribution >= 4 is 35.3 Å². The number of rotatable bonds is 3. The van der Waals surface area contributed by atoms with E-state index in [1.54, 1.807) is 11.3 Å². The lowest BCUT2D eigenvalue weighted by atomic mass is 9.82. The van der Waals surface area contributed by atoms with Gasteiger partial charge < -0.3 is 11.1 Å². The lowest BCUT2D eigenvalue weighted by molar-refractivity contribution is -0.122. The molecule has 1 aromatic carbocycles. The number of anilines is 1. The van der Waals surface area contributed by atoms with Crippen molar-refractivity contribution in [2.45, 2.75) is 44.6 Å². The number of benzene rings is 1. The zero-order chi connectivity index (χ0) is 15.6. The van der Waals surface area contributed by atoms with E-state index in [9.17, 15) is 4.79 Å². The molecule has 3 N–H and O–H groups in total. The highest BCUT2D eigenvalue weighted by Gasteiger charge is 2.35. The van der Waals surface area contributed by atoms with Gasteiger partial charge in [0.15, 0.2) is 0 Å². The van der Waals surface area contributed by atoms with E-state index in [-0.39, 0.29) is 18.3 Å². The van der Waals surface area contributed by atoms with Gasteiger partial charge in [0, 0.05) is 22.3 Å². The number of hydrogen-bond donors (Lipinski definition) is 2. The Bertz CT molecular complexity index is 663. The van der Waals surface area contributed by atoms with E-state index in [2.05, 4.69) is 10.3 Å². The van der Waals surface area contributed by atoms with Gasteiger partial charge in [-0.15, -0.1) is 23.7 Å². The summed E-state index contributed by atoms with van der Waals surface area (Å²) in [6.07, 6.45) is 4.79. The number of amides is 1. The number of aromatic nitrogens is 1. The van der Waals surface area contributed by atoms with Crippen LogP contribution in [0.15, 0.2) is 29.6 Å². The minimum atomic E-state index is -0.705. The SMILES string of the molecule is Cc1csc(-c2ccc(NC(=O)C3(N)CCCCC3)cc2)n1.Cl. The molecule has 0 bridgehead atoms. The van der Waals surface area contributed by atoms with Crippen molar-refractivity contribution in [3.8, 4) is 10.6 Å². The van der Waals surface area contributed by atoms with E-state index >= 15 is 0 Å². The number of hydrogen-bond acceptors (Lipinski definition) is 4. The Morgan fingerprint density at radius 3 is 2.43 bits per heavy atom. The molecule has 1 heterocycles. The zero-order valence-corrected chi connectivity index (χ0v) is 14.8. The van der Waals surface area contributed by atoms with Gasteiger partial charge in [-0.1, -0.05) is 19.3 Å². The second-order valence-electron chi connectivity index (χ2n) is 6.04. The fourth-order valence-corrected chi connectivity index (χ4v) is 3.65. The summed E-state index contributed by atoms with van der Waals surface area (Å²) in [7, 11) is 0. The summed E-state index contributed by atoms with van der Waals surface area (Å²) in [6.45, 7) is 1.99. The second kappa shape index (κ2) is 7.43. The number of thiazole rings is 1. The predicted molar refractivity (Wildman–Crippen MR) is 98.2 cm³/mol. The van der Waals surface area contributed by atoms with Crippen molar-refractivity contribution in [2.24, 2.45) is 5.73 Å². The third kappa shape index (κ3) is 4.10. The quantitative estimate of drug-likeness (QED) is 0.873. The summed E-state index contributed by atoms with van der Waals surface area (Å²) in [4.78, 5) is 16.9. The Morgan fingerprint density at radius 1 is 1.22 bits per heavy atom. The molecule has 0 radical (unpaired) electrons. The molecule has 3 rings (SSSR count). The molecular formula is C17H22ClN3OS. The summed E-state index contributed by atoms with van der Waals surface area (Å²) in [5, 5.41) is 5.99. The van der Waals surface area contributed by atoms with Crippen molar-refractivity contribution in [2.75, 3.05) is 5.32 Å². The summed E-state index contributed by atoms with van der Waals surface area (Å²) in [6, 6.07) is 7.79. The van der Waals surface area contributed by atoms with E-state index < -0.39 is 5.54 Å². The molecule has 1 fully saturated rings. The van der Waals surface area contributed by atoms with Crippen LogP contribution in [0.3, 0.4) is 0 Å². The molecule has 1 aliphatic carbocycles. The minimum Gasteiger partial charge on any atom is -0.324 e. The summed E-state index contributed by atoms with van der Waals surface area (Å²) >= 11 is 1.63. The molecule has 0 atom stereocenters. The van der Waals surface area contributed by atoms with Crippen LogP contribution in [-0.2, 0) is 4.79 Å². The molecule has 1 aliphatic rings. The number of nitrogens with one attached hydrogen (secondary N) is 1. The van der Waals surface area contributed by atoms with Crippen LogP contribution in [0.1, 0.15) is 37.8 Å². The topological polar surface area (TPSA) is 68.0 Å².